The second kappa shape index (κ2) is 7.17. The van der Waals surface area contributed by atoms with Gasteiger partial charge in [-0.05, 0) is 32.5 Å². The maximum Gasteiger partial charge on any atom is 0.247 e. The van der Waals surface area contributed by atoms with Crippen molar-refractivity contribution in [2.75, 3.05) is 27.3 Å². The molecule has 2 aromatic rings. The lowest BCUT2D eigenvalue weighted by Crippen LogP contribution is -2.24. The van der Waals surface area contributed by atoms with Crippen molar-refractivity contribution in [1.82, 2.24) is 15.1 Å². The van der Waals surface area contributed by atoms with Crippen LogP contribution in [0, 0.1) is 0 Å². The molecule has 1 unspecified atom stereocenters. The fourth-order valence-electron chi connectivity index (χ4n) is 1.94. The predicted molar refractivity (Wildman–Crippen MR) is 77.3 cm³/mol. The molecule has 1 aromatic heterocycles. The Kier molecular flexibility index (Phi) is 5.26. The minimum Gasteiger partial charge on any atom is -0.419 e. The highest BCUT2D eigenvalue weighted by Crippen LogP contribution is 2.22. The van der Waals surface area contributed by atoms with Crippen LogP contribution in [0.3, 0.4) is 0 Å². The minimum atomic E-state index is 0.0943. The van der Waals surface area contributed by atoms with Crippen LogP contribution in [-0.4, -0.2) is 42.4 Å². The van der Waals surface area contributed by atoms with Gasteiger partial charge in [-0.3, -0.25) is 4.90 Å². The monoisotopic (exact) mass is 275 g/mol. The van der Waals surface area contributed by atoms with Crippen LogP contribution in [0.1, 0.15) is 25.3 Å². The zero-order valence-corrected chi connectivity index (χ0v) is 12.2. The SMILES string of the molecule is COCCCN(C)C(C)c1nnc(-c2ccccc2)o1. The van der Waals surface area contributed by atoms with E-state index in [0.29, 0.717) is 11.8 Å². The number of hydrogen-bond acceptors (Lipinski definition) is 5. The smallest absolute Gasteiger partial charge is 0.247 e. The molecule has 0 bridgehead atoms. The van der Waals surface area contributed by atoms with Crippen molar-refractivity contribution in [2.45, 2.75) is 19.4 Å². The molecule has 0 saturated carbocycles. The number of benzene rings is 1. The molecule has 108 valence electrons. The first-order chi connectivity index (χ1) is 9.72. The fraction of sp³-hybridized carbons (Fsp3) is 0.467. The van der Waals surface area contributed by atoms with Crippen molar-refractivity contribution in [2.24, 2.45) is 0 Å². The van der Waals surface area contributed by atoms with Gasteiger partial charge >= 0.3 is 0 Å². The van der Waals surface area contributed by atoms with Crippen LogP contribution < -0.4 is 0 Å². The Bertz CT molecular complexity index is 513. The van der Waals surface area contributed by atoms with Gasteiger partial charge in [0, 0.05) is 25.8 Å². The van der Waals surface area contributed by atoms with Crippen molar-refractivity contribution < 1.29 is 9.15 Å². The summed E-state index contributed by atoms with van der Waals surface area (Å²) in [6, 6.07) is 9.90. The Morgan fingerprint density at radius 3 is 2.70 bits per heavy atom. The van der Waals surface area contributed by atoms with Crippen molar-refractivity contribution in [3.63, 3.8) is 0 Å². The molecule has 0 aliphatic heterocycles. The summed E-state index contributed by atoms with van der Waals surface area (Å²) in [5.41, 5.74) is 0.945. The summed E-state index contributed by atoms with van der Waals surface area (Å²) in [6.07, 6.45) is 0.983. The second-order valence-electron chi connectivity index (χ2n) is 4.81. The highest BCUT2D eigenvalue weighted by atomic mass is 16.5. The summed E-state index contributed by atoms with van der Waals surface area (Å²) in [7, 11) is 3.76. The maximum atomic E-state index is 5.76. The van der Waals surface area contributed by atoms with E-state index in [2.05, 4.69) is 22.0 Å². The molecule has 0 aliphatic rings. The molecule has 1 atom stereocenters. The molecule has 1 aromatic carbocycles. The van der Waals surface area contributed by atoms with Crippen LogP contribution in [0.15, 0.2) is 34.7 Å². The van der Waals surface area contributed by atoms with Gasteiger partial charge < -0.3 is 9.15 Å². The Morgan fingerprint density at radius 2 is 2.00 bits per heavy atom. The van der Waals surface area contributed by atoms with Gasteiger partial charge in [0.15, 0.2) is 0 Å². The first-order valence-corrected chi connectivity index (χ1v) is 6.80. The molecule has 20 heavy (non-hydrogen) atoms. The fourth-order valence-corrected chi connectivity index (χ4v) is 1.94. The van der Waals surface area contributed by atoms with E-state index in [9.17, 15) is 0 Å². The lowest BCUT2D eigenvalue weighted by Gasteiger charge is -2.21. The normalized spacial score (nSPS) is 12.8. The maximum absolute atomic E-state index is 5.76. The Morgan fingerprint density at radius 1 is 1.25 bits per heavy atom. The molecule has 0 fully saturated rings. The molecule has 0 amide bonds. The Balaban J connectivity index is 2.01. The zero-order valence-electron chi connectivity index (χ0n) is 12.2. The average molecular weight is 275 g/mol. The molecule has 0 radical (unpaired) electrons. The van der Waals surface area contributed by atoms with Gasteiger partial charge in [0.05, 0.1) is 6.04 Å². The molecule has 0 aliphatic carbocycles. The molecule has 5 heteroatoms. The number of ether oxygens (including phenoxy) is 1. The number of aromatic nitrogens is 2. The third kappa shape index (κ3) is 3.65. The quantitative estimate of drug-likeness (QED) is 0.727. The zero-order chi connectivity index (χ0) is 14.4. The molecule has 0 N–H and O–H groups in total. The van der Waals surface area contributed by atoms with Gasteiger partial charge in [-0.25, -0.2) is 0 Å². The van der Waals surface area contributed by atoms with Crippen LogP contribution in [0.5, 0.6) is 0 Å². The van der Waals surface area contributed by atoms with E-state index >= 15 is 0 Å². The largest absolute Gasteiger partial charge is 0.419 e. The standard InChI is InChI=1S/C15H21N3O2/c1-12(18(2)10-7-11-19-3)14-16-17-15(20-14)13-8-5-4-6-9-13/h4-6,8-9,12H,7,10-11H2,1-3H3. The predicted octanol–water partition coefficient (Wildman–Crippen LogP) is 2.77. The molecule has 0 saturated heterocycles. The topological polar surface area (TPSA) is 51.4 Å². The van der Waals surface area contributed by atoms with Gasteiger partial charge in [0.2, 0.25) is 11.8 Å². The van der Waals surface area contributed by atoms with E-state index in [4.69, 9.17) is 9.15 Å². The van der Waals surface area contributed by atoms with Crippen LogP contribution in [-0.2, 0) is 4.74 Å². The Labute approximate surface area is 119 Å². The van der Waals surface area contributed by atoms with E-state index in [-0.39, 0.29) is 6.04 Å². The van der Waals surface area contributed by atoms with E-state index < -0.39 is 0 Å². The summed E-state index contributed by atoms with van der Waals surface area (Å²) in [5.74, 6) is 1.21. The number of rotatable bonds is 7. The molecular weight excluding hydrogens is 254 g/mol. The molecule has 5 nitrogen and oxygen atoms in total. The van der Waals surface area contributed by atoms with Gasteiger partial charge in [0.25, 0.3) is 0 Å². The summed E-state index contributed by atoms with van der Waals surface area (Å²) in [6.45, 7) is 3.75. The van der Waals surface area contributed by atoms with Crippen molar-refractivity contribution in [3.8, 4) is 11.5 Å². The third-order valence-corrected chi connectivity index (χ3v) is 3.34. The lowest BCUT2D eigenvalue weighted by atomic mass is 10.2. The van der Waals surface area contributed by atoms with Crippen LogP contribution in [0.4, 0.5) is 0 Å². The molecular formula is C15H21N3O2. The average Bonchev–Trinajstić information content (AvgIpc) is 2.97. The van der Waals surface area contributed by atoms with Crippen LogP contribution in [0.2, 0.25) is 0 Å². The number of nitrogens with zero attached hydrogens (tertiary/aromatic N) is 3. The van der Waals surface area contributed by atoms with Crippen molar-refractivity contribution in [1.29, 1.82) is 0 Å². The highest BCUT2D eigenvalue weighted by molar-refractivity contribution is 5.51. The minimum absolute atomic E-state index is 0.0943. The number of hydrogen-bond donors (Lipinski definition) is 0. The number of methoxy groups -OCH3 is 1. The van der Waals surface area contributed by atoms with Crippen LogP contribution >= 0.6 is 0 Å². The van der Waals surface area contributed by atoms with Gasteiger partial charge in [-0.2, -0.15) is 0 Å². The van der Waals surface area contributed by atoms with E-state index in [1.807, 2.05) is 37.4 Å². The third-order valence-electron chi connectivity index (χ3n) is 3.34. The van der Waals surface area contributed by atoms with Gasteiger partial charge in [0.1, 0.15) is 0 Å². The first-order valence-electron chi connectivity index (χ1n) is 6.80. The van der Waals surface area contributed by atoms with E-state index in [1.165, 1.54) is 0 Å². The molecule has 1 heterocycles. The highest BCUT2D eigenvalue weighted by Gasteiger charge is 2.18. The lowest BCUT2D eigenvalue weighted by molar-refractivity contribution is 0.161. The first kappa shape index (κ1) is 14.7. The Hall–Kier alpha value is -1.72. The van der Waals surface area contributed by atoms with Crippen LogP contribution in [0.25, 0.3) is 11.5 Å². The van der Waals surface area contributed by atoms with Crippen molar-refractivity contribution >= 4 is 0 Å². The molecule has 2 rings (SSSR count). The molecule has 0 spiro atoms. The van der Waals surface area contributed by atoms with E-state index in [0.717, 1.165) is 25.1 Å². The summed E-state index contributed by atoms with van der Waals surface area (Å²) < 4.78 is 10.8. The van der Waals surface area contributed by atoms with Crippen molar-refractivity contribution in [3.05, 3.63) is 36.2 Å². The summed E-state index contributed by atoms with van der Waals surface area (Å²) in [4.78, 5) is 2.18. The van der Waals surface area contributed by atoms with E-state index in [1.54, 1.807) is 7.11 Å². The second-order valence-corrected chi connectivity index (χ2v) is 4.81. The summed E-state index contributed by atoms with van der Waals surface area (Å²) >= 11 is 0. The summed E-state index contributed by atoms with van der Waals surface area (Å²) in [5, 5.41) is 8.27. The van der Waals surface area contributed by atoms with Gasteiger partial charge in [-0.1, -0.05) is 18.2 Å². The van der Waals surface area contributed by atoms with Gasteiger partial charge in [-0.15, -0.1) is 10.2 Å².